The minimum atomic E-state index is -1.54. The number of unbranched alkanes of at least 4 members (excludes halogenated alkanes) is 1. The summed E-state index contributed by atoms with van der Waals surface area (Å²) in [6.07, 6.45) is 11.9. The Morgan fingerprint density at radius 2 is 1.64 bits per heavy atom. The van der Waals surface area contributed by atoms with Gasteiger partial charge in [0, 0.05) is 17.9 Å². The second-order valence-corrected chi connectivity index (χ2v) is 11.6. The molecule has 2 aromatic rings. The topological polar surface area (TPSA) is 49.8 Å². The number of nitrogens with zero attached hydrogens (tertiary/aromatic N) is 1. The Labute approximate surface area is 217 Å². The molecule has 0 saturated heterocycles. The average molecular weight is 490 g/mol. The van der Waals surface area contributed by atoms with Crippen LogP contribution in [-0.4, -0.2) is 41.7 Å². The first-order chi connectivity index (χ1) is 17.6. The van der Waals surface area contributed by atoms with Crippen molar-refractivity contribution in [2.75, 3.05) is 13.6 Å². The molecule has 3 fully saturated rings. The third kappa shape index (κ3) is 5.26. The fourth-order valence-electron chi connectivity index (χ4n) is 7.37. The summed E-state index contributed by atoms with van der Waals surface area (Å²) >= 11 is 0. The summed E-state index contributed by atoms with van der Waals surface area (Å²) in [7, 11) is 2.25. The fourth-order valence-corrected chi connectivity index (χ4v) is 7.37. The monoisotopic (exact) mass is 489 g/mol. The van der Waals surface area contributed by atoms with Crippen LogP contribution in [0.5, 0.6) is 0 Å². The van der Waals surface area contributed by atoms with Crippen molar-refractivity contribution in [1.82, 2.24) is 4.90 Å². The Balaban J connectivity index is 1.21. The molecule has 5 unspecified atom stereocenters. The second-order valence-electron chi connectivity index (χ2n) is 11.6. The van der Waals surface area contributed by atoms with Crippen LogP contribution in [0.4, 0.5) is 0 Å². The van der Waals surface area contributed by atoms with Crippen molar-refractivity contribution < 1.29 is 14.6 Å². The molecule has 2 aromatic carbocycles. The minimum Gasteiger partial charge on any atom is -0.459 e. The summed E-state index contributed by atoms with van der Waals surface area (Å²) in [5.74, 6) is 0.323. The molecule has 0 aliphatic heterocycles. The highest BCUT2D eigenvalue weighted by atomic mass is 16.6. The van der Waals surface area contributed by atoms with E-state index < -0.39 is 11.6 Å². The number of rotatable bonds is 10. The molecule has 0 heterocycles. The van der Waals surface area contributed by atoms with E-state index in [-0.39, 0.29) is 12.0 Å². The summed E-state index contributed by atoms with van der Waals surface area (Å²) < 4.78 is 6.32. The van der Waals surface area contributed by atoms with E-state index in [1.807, 2.05) is 30.3 Å². The predicted molar refractivity (Wildman–Crippen MR) is 143 cm³/mol. The molecule has 3 saturated carbocycles. The SMILES string of the molecule is CN(CCCCc1ccccc1)C1CC2CCC1C2OC(=O)C(O)(c1ccccc1)C1CCCCC1. The highest BCUT2D eigenvalue weighted by molar-refractivity contribution is 5.82. The van der Waals surface area contributed by atoms with E-state index >= 15 is 0 Å². The number of carbonyl (C=O) groups excluding carboxylic acids is 1. The van der Waals surface area contributed by atoms with Crippen LogP contribution in [-0.2, 0) is 21.6 Å². The van der Waals surface area contributed by atoms with Crippen molar-refractivity contribution in [1.29, 1.82) is 0 Å². The Morgan fingerprint density at radius 1 is 0.944 bits per heavy atom. The van der Waals surface area contributed by atoms with E-state index in [0.29, 0.717) is 23.4 Å². The number of aliphatic hydroxyl groups is 1. The summed E-state index contributed by atoms with van der Waals surface area (Å²) in [6, 6.07) is 20.8. The van der Waals surface area contributed by atoms with Gasteiger partial charge in [-0.1, -0.05) is 79.9 Å². The molecule has 0 aromatic heterocycles. The van der Waals surface area contributed by atoms with Gasteiger partial charge in [0.15, 0.2) is 5.60 Å². The normalized spacial score (nSPS) is 27.8. The van der Waals surface area contributed by atoms with E-state index in [4.69, 9.17) is 4.74 Å². The van der Waals surface area contributed by atoms with Crippen molar-refractivity contribution in [3.8, 4) is 0 Å². The summed E-state index contributed by atoms with van der Waals surface area (Å²) in [4.78, 5) is 16.3. The molecule has 0 spiro atoms. The van der Waals surface area contributed by atoms with E-state index in [0.717, 1.165) is 57.9 Å². The molecular weight excluding hydrogens is 446 g/mol. The van der Waals surface area contributed by atoms with Crippen LogP contribution >= 0.6 is 0 Å². The quantitative estimate of drug-likeness (QED) is 0.323. The lowest BCUT2D eigenvalue weighted by molar-refractivity contribution is -0.183. The van der Waals surface area contributed by atoms with Crippen molar-refractivity contribution in [3.05, 3.63) is 71.8 Å². The Morgan fingerprint density at radius 3 is 2.36 bits per heavy atom. The van der Waals surface area contributed by atoms with Crippen LogP contribution < -0.4 is 0 Å². The molecule has 4 nitrogen and oxygen atoms in total. The second kappa shape index (κ2) is 11.5. The molecule has 1 N–H and O–H groups in total. The number of esters is 1. The molecule has 194 valence electrons. The first-order valence-corrected chi connectivity index (χ1v) is 14.3. The van der Waals surface area contributed by atoms with Gasteiger partial charge in [-0.2, -0.15) is 0 Å². The van der Waals surface area contributed by atoms with Gasteiger partial charge in [-0.05, 0) is 82.0 Å². The van der Waals surface area contributed by atoms with E-state index in [1.54, 1.807) is 0 Å². The maximum atomic E-state index is 13.8. The van der Waals surface area contributed by atoms with E-state index in [9.17, 15) is 9.90 Å². The number of ether oxygens (including phenoxy) is 1. The Bertz CT molecular complexity index is 973. The van der Waals surface area contributed by atoms with Crippen molar-refractivity contribution >= 4 is 5.97 Å². The average Bonchev–Trinajstić information content (AvgIpc) is 3.48. The molecule has 3 aliphatic carbocycles. The van der Waals surface area contributed by atoms with Gasteiger partial charge in [0.1, 0.15) is 6.10 Å². The van der Waals surface area contributed by atoms with Gasteiger partial charge < -0.3 is 14.7 Å². The summed E-state index contributed by atoms with van der Waals surface area (Å²) in [5.41, 5.74) is 0.568. The number of hydrogen-bond donors (Lipinski definition) is 1. The lowest BCUT2D eigenvalue weighted by Crippen LogP contribution is -2.47. The van der Waals surface area contributed by atoms with Gasteiger partial charge in [-0.25, -0.2) is 4.79 Å². The summed E-state index contributed by atoms with van der Waals surface area (Å²) in [6.45, 7) is 1.08. The lowest BCUT2D eigenvalue weighted by Gasteiger charge is -2.38. The smallest absolute Gasteiger partial charge is 0.343 e. The lowest BCUT2D eigenvalue weighted by atomic mass is 9.73. The van der Waals surface area contributed by atoms with Crippen molar-refractivity contribution in [3.63, 3.8) is 0 Å². The number of carbonyl (C=O) groups is 1. The Hall–Kier alpha value is -2.17. The molecule has 0 amide bonds. The maximum absolute atomic E-state index is 13.8. The van der Waals surface area contributed by atoms with Crippen molar-refractivity contribution in [2.24, 2.45) is 17.8 Å². The first-order valence-electron chi connectivity index (χ1n) is 14.3. The number of hydrogen-bond acceptors (Lipinski definition) is 4. The van der Waals surface area contributed by atoms with Crippen LogP contribution in [0.2, 0.25) is 0 Å². The van der Waals surface area contributed by atoms with Crippen molar-refractivity contribution in [2.45, 2.75) is 88.4 Å². The maximum Gasteiger partial charge on any atom is 0.343 e. The third-order valence-corrected chi connectivity index (χ3v) is 9.40. The fraction of sp³-hybridized carbons (Fsp3) is 0.594. The van der Waals surface area contributed by atoms with Gasteiger partial charge in [0.2, 0.25) is 0 Å². The molecule has 5 rings (SSSR count). The third-order valence-electron chi connectivity index (χ3n) is 9.40. The largest absolute Gasteiger partial charge is 0.459 e. The zero-order chi connectivity index (χ0) is 25.0. The van der Waals surface area contributed by atoms with Crippen LogP contribution in [0.15, 0.2) is 60.7 Å². The van der Waals surface area contributed by atoms with Crippen LogP contribution in [0, 0.1) is 17.8 Å². The molecule has 2 bridgehead atoms. The highest BCUT2D eigenvalue weighted by Gasteiger charge is 2.54. The predicted octanol–water partition coefficient (Wildman–Crippen LogP) is 6.12. The zero-order valence-electron chi connectivity index (χ0n) is 21.9. The number of benzene rings is 2. The van der Waals surface area contributed by atoms with Crippen LogP contribution in [0.25, 0.3) is 0 Å². The molecule has 36 heavy (non-hydrogen) atoms. The first kappa shape index (κ1) is 25.5. The van der Waals surface area contributed by atoms with Gasteiger partial charge in [0.05, 0.1) is 0 Å². The van der Waals surface area contributed by atoms with Crippen LogP contribution in [0.1, 0.15) is 75.3 Å². The highest BCUT2D eigenvalue weighted by Crippen LogP contribution is 2.50. The molecule has 3 aliphatic rings. The molecule has 0 radical (unpaired) electrons. The van der Waals surface area contributed by atoms with E-state index in [2.05, 4.69) is 42.3 Å². The molecule has 5 atom stereocenters. The Kier molecular flexibility index (Phi) is 8.12. The van der Waals surface area contributed by atoms with Gasteiger partial charge in [-0.15, -0.1) is 0 Å². The summed E-state index contributed by atoms with van der Waals surface area (Å²) in [5, 5.41) is 12.0. The van der Waals surface area contributed by atoms with Gasteiger partial charge in [0.25, 0.3) is 0 Å². The van der Waals surface area contributed by atoms with Gasteiger partial charge in [-0.3, -0.25) is 0 Å². The number of fused-ring (bicyclic) bond motifs is 2. The molecular formula is C32H43NO3. The van der Waals surface area contributed by atoms with Gasteiger partial charge >= 0.3 is 5.97 Å². The zero-order valence-corrected chi connectivity index (χ0v) is 21.9. The minimum absolute atomic E-state index is 0.0619. The molecule has 4 heteroatoms. The standard InChI is InChI=1S/C32H43NO3/c1-33(22-12-11-15-24-13-5-2-6-14-24)29-23-25-20-21-28(29)30(25)36-31(34)32(35,26-16-7-3-8-17-26)27-18-9-4-10-19-27/h2-3,5-8,13-14,16-17,25,27-30,35H,4,9-12,15,18-23H2,1H3. The van der Waals surface area contributed by atoms with Crippen LogP contribution in [0.3, 0.4) is 0 Å². The van der Waals surface area contributed by atoms with E-state index in [1.165, 1.54) is 24.8 Å². The number of aryl methyl sites for hydroxylation is 1.